The van der Waals surface area contributed by atoms with E-state index in [4.69, 9.17) is 4.74 Å². The van der Waals surface area contributed by atoms with Gasteiger partial charge in [0.15, 0.2) is 0 Å². The van der Waals surface area contributed by atoms with Gasteiger partial charge < -0.3 is 15.0 Å². The van der Waals surface area contributed by atoms with Gasteiger partial charge in [0.1, 0.15) is 0 Å². The summed E-state index contributed by atoms with van der Waals surface area (Å²) in [6.45, 7) is 3.43. The number of ether oxygens (including phenoxy) is 1. The Bertz CT molecular complexity index is 296. The first kappa shape index (κ1) is 14.8. The number of rotatable bonds is 3. The summed E-state index contributed by atoms with van der Waals surface area (Å²) >= 11 is 0. The maximum atomic E-state index is 6.20. The van der Waals surface area contributed by atoms with Crippen LogP contribution in [-0.4, -0.2) is 49.3 Å². The zero-order valence-corrected chi connectivity index (χ0v) is 13.2. The van der Waals surface area contributed by atoms with E-state index in [1.807, 2.05) is 0 Å². The minimum atomic E-state index is 0.243. The number of hydrogen-bond acceptors (Lipinski definition) is 3. The van der Waals surface area contributed by atoms with Crippen molar-refractivity contribution in [2.75, 3.05) is 26.7 Å². The summed E-state index contributed by atoms with van der Waals surface area (Å²) in [5.41, 5.74) is 0.243. The fourth-order valence-corrected chi connectivity index (χ4v) is 4.45. The molecule has 116 valence electrons. The second-order valence-corrected chi connectivity index (χ2v) is 7.32. The molecule has 0 aromatic heterocycles. The summed E-state index contributed by atoms with van der Waals surface area (Å²) < 4.78 is 6.20. The Balaban J connectivity index is 1.47. The largest absolute Gasteiger partial charge is 0.375 e. The van der Waals surface area contributed by atoms with E-state index in [0.717, 1.165) is 12.6 Å². The molecule has 1 aliphatic carbocycles. The molecule has 20 heavy (non-hydrogen) atoms. The highest BCUT2D eigenvalue weighted by molar-refractivity contribution is 4.92. The van der Waals surface area contributed by atoms with Gasteiger partial charge >= 0.3 is 0 Å². The lowest BCUT2D eigenvalue weighted by Crippen LogP contribution is -2.51. The molecule has 0 radical (unpaired) electrons. The Morgan fingerprint density at radius 1 is 1.10 bits per heavy atom. The molecule has 2 saturated heterocycles. The first-order valence-corrected chi connectivity index (χ1v) is 8.85. The molecule has 2 aliphatic heterocycles. The highest BCUT2D eigenvalue weighted by Crippen LogP contribution is 2.38. The first-order valence-electron chi connectivity index (χ1n) is 8.85. The molecule has 3 nitrogen and oxygen atoms in total. The van der Waals surface area contributed by atoms with Crippen molar-refractivity contribution in [3.05, 3.63) is 0 Å². The van der Waals surface area contributed by atoms with Crippen LogP contribution in [0.2, 0.25) is 0 Å². The van der Waals surface area contributed by atoms with Crippen molar-refractivity contribution in [2.45, 2.75) is 81.9 Å². The summed E-state index contributed by atoms with van der Waals surface area (Å²) in [6.07, 6.45) is 13.4. The lowest BCUT2D eigenvalue weighted by atomic mass is 9.78. The third kappa shape index (κ3) is 3.55. The van der Waals surface area contributed by atoms with E-state index in [2.05, 4.69) is 17.3 Å². The molecule has 0 aromatic carbocycles. The Morgan fingerprint density at radius 3 is 2.75 bits per heavy atom. The SMILES string of the molecule is CN1CCCCC1CNC1CCOC2(CCCCC2)C1. The van der Waals surface area contributed by atoms with Crippen molar-refractivity contribution < 1.29 is 4.74 Å². The van der Waals surface area contributed by atoms with Crippen molar-refractivity contribution in [3.63, 3.8) is 0 Å². The van der Waals surface area contributed by atoms with Gasteiger partial charge in [-0.05, 0) is 52.1 Å². The first-order chi connectivity index (χ1) is 9.77. The zero-order valence-electron chi connectivity index (χ0n) is 13.2. The molecule has 3 fully saturated rings. The molecular formula is C17H32N2O. The number of nitrogens with one attached hydrogen (secondary N) is 1. The molecule has 0 aromatic rings. The van der Waals surface area contributed by atoms with Crippen LogP contribution >= 0.6 is 0 Å². The molecule has 2 heterocycles. The second kappa shape index (κ2) is 6.76. The molecule has 1 saturated carbocycles. The van der Waals surface area contributed by atoms with Crippen LogP contribution < -0.4 is 5.32 Å². The molecule has 3 aliphatic rings. The van der Waals surface area contributed by atoms with Crippen LogP contribution in [0, 0.1) is 0 Å². The topological polar surface area (TPSA) is 24.5 Å². The Kier molecular flexibility index (Phi) is 5.00. The Labute approximate surface area is 124 Å². The predicted octanol–water partition coefficient (Wildman–Crippen LogP) is 2.94. The third-order valence-corrected chi connectivity index (χ3v) is 5.82. The van der Waals surface area contributed by atoms with Crippen LogP contribution in [0.5, 0.6) is 0 Å². The quantitative estimate of drug-likeness (QED) is 0.860. The van der Waals surface area contributed by atoms with E-state index in [1.54, 1.807) is 0 Å². The van der Waals surface area contributed by atoms with Crippen LogP contribution in [0.4, 0.5) is 0 Å². The minimum Gasteiger partial charge on any atom is -0.375 e. The highest BCUT2D eigenvalue weighted by Gasteiger charge is 2.38. The van der Waals surface area contributed by atoms with Crippen molar-refractivity contribution in [2.24, 2.45) is 0 Å². The third-order valence-electron chi connectivity index (χ3n) is 5.82. The average molecular weight is 280 g/mol. The van der Waals surface area contributed by atoms with Crippen molar-refractivity contribution >= 4 is 0 Å². The van der Waals surface area contributed by atoms with Gasteiger partial charge in [0.25, 0.3) is 0 Å². The van der Waals surface area contributed by atoms with Gasteiger partial charge in [-0.1, -0.05) is 25.7 Å². The summed E-state index contributed by atoms with van der Waals surface area (Å²) in [7, 11) is 2.29. The van der Waals surface area contributed by atoms with Gasteiger partial charge in [-0.25, -0.2) is 0 Å². The normalized spacial score (nSPS) is 35.2. The number of likely N-dealkylation sites (N-methyl/N-ethyl adjacent to an activating group) is 1. The molecular weight excluding hydrogens is 248 g/mol. The minimum absolute atomic E-state index is 0.243. The van der Waals surface area contributed by atoms with E-state index in [1.165, 1.54) is 77.3 Å². The number of nitrogens with zero attached hydrogens (tertiary/aromatic N) is 1. The number of piperidine rings is 1. The summed E-state index contributed by atoms with van der Waals surface area (Å²) in [5.74, 6) is 0. The van der Waals surface area contributed by atoms with Crippen LogP contribution in [0.3, 0.4) is 0 Å². The van der Waals surface area contributed by atoms with E-state index in [0.29, 0.717) is 6.04 Å². The lowest BCUT2D eigenvalue weighted by Gasteiger charge is -2.44. The Hall–Kier alpha value is -0.120. The van der Waals surface area contributed by atoms with Crippen molar-refractivity contribution in [3.8, 4) is 0 Å². The molecule has 2 atom stereocenters. The fourth-order valence-electron chi connectivity index (χ4n) is 4.45. The van der Waals surface area contributed by atoms with Crippen molar-refractivity contribution in [1.29, 1.82) is 0 Å². The molecule has 3 heteroatoms. The van der Waals surface area contributed by atoms with Gasteiger partial charge in [-0.2, -0.15) is 0 Å². The monoisotopic (exact) mass is 280 g/mol. The smallest absolute Gasteiger partial charge is 0.0697 e. The van der Waals surface area contributed by atoms with E-state index < -0.39 is 0 Å². The molecule has 0 amide bonds. The van der Waals surface area contributed by atoms with E-state index >= 15 is 0 Å². The molecule has 0 bridgehead atoms. The summed E-state index contributed by atoms with van der Waals surface area (Å²) in [6, 6.07) is 1.45. The predicted molar refractivity (Wildman–Crippen MR) is 83.1 cm³/mol. The number of hydrogen-bond donors (Lipinski definition) is 1. The van der Waals surface area contributed by atoms with Crippen LogP contribution in [-0.2, 0) is 4.74 Å². The lowest BCUT2D eigenvalue weighted by molar-refractivity contribution is -0.109. The highest BCUT2D eigenvalue weighted by atomic mass is 16.5. The zero-order chi connectivity index (χ0) is 13.8. The van der Waals surface area contributed by atoms with Crippen LogP contribution in [0.25, 0.3) is 0 Å². The van der Waals surface area contributed by atoms with Crippen LogP contribution in [0.1, 0.15) is 64.2 Å². The van der Waals surface area contributed by atoms with Gasteiger partial charge in [-0.15, -0.1) is 0 Å². The standard InChI is InChI=1S/C17H32N2O/c1-19-11-6-3-7-16(19)14-18-15-8-12-20-17(13-15)9-4-2-5-10-17/h15-16,18H,2-14H2,1H3. The van der Waals surface area contributed by atoms with Crippen molar-refractivity contribution in [1.82, 2.24) is 10.2 Å². The second-order valence-electron chi connectivity index (χ2n) is 7.32. The molecule has 1 spiro atoms. The average Bonchev–Trinajstić information content (AvgIpc) is 2.47. The summed E-state index contributed by atoms with van der Waals surface area (Å²) in [5, 5.41) is 3.87. The van der Waals surface area contributed by atoms with Gasteiger partial charge in [0.2, 0.25) is 0 Å². The van der Waals surface area contributed by atoms with Crippen LogP contribution in [0.15, 0.2) is 0 Å². The molecule has 2 unspecified atom stereocenters. The van der Waals surface area contributed by atoms with Gasteiger partial charge in [0, 0.05) is 25.2 Å². The molecule has 3 rings (SSSR count). The fraction of sp³-hybridized carbons (Fsp3) is 1.00. The summed E-state index contributed by atoms with van der Waals surface area (Å²) in [4.78, 5) is 2.55. The Morgan fingerprint density at radius 2 is 1.95 bits per heavy atom. The van der Waals surface area contributed by atoms with E-state index in [9.17, 15) is 0 Å². The maximum Gasteiger partial charge on any atom is 0.0697 e. The maximum absolute atomic E-state index is 6.20. The van der Waals surface area contributed by atoms with Gasteiger partial charge in [0.05, 0.1) is 5.60 Å². The molecule has 1 N–H and O–H groups in total. The van der Waals surface area contributed by atoms with E-state index in [-0.39, 0.29) is 5.60 Å². The number of likely N-dealkylation sites (tertiary alicyclic amines) is 1. The van der Waals surface area contributed by atoms with Gasteiger partial charge in [-0.3, -0.25) is 0 Å².